The Balaban J connectivity index is 2.09. The van der Waals surface area contributed by atoms with Crippen LogP contribution in [0.3, 0.4) is 0 Å². The van der Waals surface area contributed by atoms with Crippen molar-refractivity contribution in [1.82, 2.24) is 0 Å². The Morgan fingerprint density at radius 2 is 2.29 bits per heavy atom. The predicted molar refractivity (Wildman–Crippen MR) is 73.0 cm³/mol. The molecule has 1 aromatic carbocycles. The number of aryl methyl sites for hydroxylation is 1. The minimum atomic E-state index is 0.379. The van der Waals surface area contributed by atoms with Gasteiger partial charge in [0.2, 0.25) is 0 Å². The van der Waals surface area contributed by atoms with Gasteiger partial charge >= 0.3 is 0 Å². The number of halogens is 1. The summed E-state index contributed by atoms with van der Waals surface area (Å²) in [5, 5.41) is 0. The molecule has 0 N–H and O–H groups in total. The molecular weight excluding hydrogens is 234 g/mol. The number of hydrogen-bond acceptors (Lipinski definition) is 2. The van der Waals surface area contributed by atoms with Crippen LogP contribution in [0.15, 0.2) is 18.2 Å². The van der Waals surface area contributed by atoms with Crippen LogP contribution in [0.1, 0.15) is 24.0 Å². The van der Waals surface area contributed by atoms with Crippen LogP contribution in [-0.4, -0.2) is 26.3 Å². The van der Waals surface area contributed by atoms with Crippen molar-refractivity contribution in [3.05, 3.63) is 29.3 Å². The summed E-state index contributed by atoms with van der Waals surface area (Å²) in [6.07, 6.45) is 2.74. The van der Waals surface area contributed by atoms with Gasteiger partial charge in [0.05, 0.1) is 6.10 Å². The van der Waals surface area contributed by atoms with E-state index in [4.69, 9.17) is 16.3 Å². The Kier molecular flexibility index (Phi) is 4.30. The second-order valence-corrected chi connectivity index (χ2v) is 5.05. The molecule has 1 unspecified atom stereocenters. The molecule has 0 aromatic heterocycles. The monoisotopic (exact) mass is 253 g/mol. The molecule has 0 amide bonds. The summed E-state index contributed by atoms with van der Waals surface area (Å²) in [5.41, 5.74) is 3.68. The number of likely N-dealkylation sites (N-methyl/N-ethyl adjacent to an activating group) is 1. The maximum atomic E-state index is 6.01. The molecule has 1 heterocycles. The van der Waals surface area contributed by atoms with Gasteiger partial charge < -0.3 is 9.64 Å². The van der Waals surface area contributed by atoms with E-state index >= 15 is 0 Å². The minimum Gasteiger partial charge on any atom is -0.376 e. The van der Waals surface area contributed by atoms with E-state index in [-0.39, 0.29) is 0 Å². The summed E-state index contributed by atoms with van der Waals surface area (Å²) < 4.78 is 5.67. The van der Waals surface area contributed by atoms with Crippen LogP contribution in [0.5, 0.6) is 0 Å². The number of anilines is 1. The number of rotatable bonds is 4. The van der Waals surface area contributed by atoms with E-state index in [2.05, 4.69) is 37.1 Å². The molecule has 1 fully saturated rings. The summed E-state index contributed by atoms with van der Waals surface area (Å²) in [4.78, 5) is 2.26. The third kappa shape index (κ3) is 3.14. The molecular formula is C14H20ClNO. The van der Waals surface area contributed by atoms with Crippen molar-refractivity contribution in [1.29, 1.82) is 0 Å². The zero-order valence-electron chi connectivity index (χ0n) is 10.6. The van der Waals surface area contributed by atoms with Crippen molar-refractivity contribution in [2.75, 3.05) is 25.1 Å². The molecule has 2 nitrogen and oxygen atoms in total. The average molecular weight is 254 g/mol. The first-order chi connectivity index (χ1) is 8.20. The summed E-state index contributed by atoms with van der Waals surface area (Å²) in [6, 6.07) is 6.45. The molecule has 17 heavy (non-hydrogen) atoms. The van der Waals surface area contributed by atoms with Gasteiger partial charge in [-0.3, -0.25) is 0 Å². The normalized spacial score (nSPS) is 19.6. The highest BCUT2D eigenvalue weighted by atomic mass is 35.5. The van der Waals surface area contributed by atoms with Gasteiger partial charge in [-0.05, 0) is 31.4 Å². The Hall–Kier alpha value is -0.730. The Labute approximate surface area is 109 Å². The third-order valence-electron chi connectivity index (χ3n) is 3.29. The minimum absolute atomic E-state index is 0.379. The number of nitrogens with zero attached hydrogens (tertiary/aromatic N) is 1. The molecule has 0 aliphatic carbocycles. The Morgan fingerprint density at radius 3 is 2.94 bits per heavy atom. The Morgan fingerprint density at radius 1 is 1.47 bits per heavy atom. The number of hydrogen-bond donors (Lipinski definition) is 0. The van der Waals surface area contributed by atoms with Crippen LogP contribution in [0, 0.1) is 6.92 Å². The van der Waals surface area contributed by atoms with Gasteiger partial charge in [0.25, 0.3) is 0 Å². The van der Waals surface area contributed by atoms with Crippen LogP contribution < -0.4 is 4.90 Å². The Bertz CT molecular complexity index is 374. The zero-order valence-corrected chi connectivity index (χ0v) is 11.3. The van der Waals surface area contributed by atoms with Crippen molar-refractivity contribution in [3.63, 3.8) is 0 Å². The lowest BCUT2D eigenvalue weighted by Crippen LogP contribution is -2.29. The first-order valence-electron chi connectivity index (χ1n) is 6.19. The molecule has 2 rings (SSSR count). The maximum absolute atomic E-state index is 6.01. The first kappa shape index (κ1) is 12.7. The van der Waals surface area contributed by atoms with Gasteiger partial charge in [-0.25, -0.2) is 0 Å². The van der Waals surface area contributed by atoms with E-state index in [1.54, 1.807) is 0 Å². The van der Waals surface area contributed by atoms with Crippen molar-refractivity contribution in [2.24, 2.45) is 0 Å². The summed E-state index contributed by atoms with van der Waals surface area (Å²) >= 11 is 6.01. The van der Waals surface area contributed by atoms with E-state index in [1.165, 1.54) is 29.7 Å². The van der Waals surface area contributed by atoms with Gasteiger partial charge in [0.1, 0.15) is 0 Å². The fourth-order valence-electron chi connectivity index (χ4n) is 2.39. The van der Waals surface area contributed by atoms with Gasteiger partial charge in [0.15, 0.2) is 0 Å². The molecule has 1 aliphatic heterocycles. The maximum Gasteiger partial charge on any atom is 0.0750 e. The lowest BCUT2D eigenvalue weighted by molar-refractivity contribution is 0.116. The van der Waals surface area contributed by atoms with E-state index in [0.717, 1.165) is 13.2 Å². The van der Waals surface area contributed by atoms with Crippen LogP contribution in [0.25, 0.3) is 0 Å². The highest BCUT2D eigenvalue weighted by molar-refractivity contribution is 6.17. The quantitative estimate of drug-likeness (QED) is 0.763. The van der Waals surface area contributed by atoms with Crippen molar-refractivity contribution in [3.8, 4) is 0 Å². The molecule has 1 atom stereocenters. The molecule has 94 valence electrons. The third-order valence-corrected chi connectivity index (χ3v) is 3.58. The predicted octanol–water partition coefficient (Wildman–Crippen LogP) is 3.35. The smallest absolute Gasteiger partial charge is 0.0750 e. The van der Waals surface area contributed by atoms with E-state index in [1.807, 2.05) is 0 Å². The standard InChI is InChI=1S/C14H20ClNO/c1-11-5-6-14(12(8-11)9-15)16(2)10-13-4-3-7-17-13/h5-6,8,13H,3-4,7,9-10H2,1-2H3. The second-order valence-electron chi connectivity index (χ2n) is 4.78. The van der Waals surface area contributed by atoms with Crippen LogP contribution >= 0.6 is 11.6 Å². The largest absolute Gasteiger partial charge is 0.376 e. The molecule has 0 saturated carbocycles. The molecule has 0 spiro atoms. The molecule has 1 saturated heterocycles. The fourth-order valence-corrected chi connectivity index (χ4v) is 2.60. The van der Waals surface area contributed by atoms with Gasteiger partial charge in [-0.15, -0.1) is 11.6 Å². The molecule has 1 aliphatic rings. The highest BCUT2D eigenvalue weighted by Crippen LogP contribution is 2.24. The number of alkyl halides is 1. The molecule has 3 heteroatoms. The summed E-state index contributed by atoms with van der Waals surface area (Å²) in [7, 11) is 2.11. The zero-order chi connectivity index (χ0) is 12.3. The molecule has 0 radical (unpaired) electrons. The lowest BCUT2D eigenvalue weighted by atomic mass is 10.1. The average Bonchev–Trinajstić information content (AvgIpc) is 2.81. The second kappa shape index (κ2) is 5.74. The fraction of sp³-hybridized carbons (Fsp3) is 0.571. The van der Waals surface area contributed by atoms with Crippen LogP contribution in [-0.2, 0) is 10.6 Å². The first-order valence-corrected chi connectivity index (χ1v) is 6.72. The van der Waals surface area contributed by atoms with Crippen molar-refractivity contribution >= 4 is 17.3 Å². The number of benzene rings is 1. The van der Waals surface area contributed by atoms with Crippen molar-refractivity contribution < 1.29 is 4.74 Å². The molecule has 0 bridgehead atoms. The van der Waals surface area contributed by atoms with Gasteiger partial charge in [0, 0.05) is 31.8 Å². The van der Waals surface area contributed by atoms with E-state index < -0.39 is 0 Å². The molecule has 1 aromatic rings. The van der Waals surface area contributed by atoms with Crippen LogP contribution in [0.2, 0.25) is 0 Å². The lowest BCUT2D eigenvalue weighted by Gasteiger charge is -2.25. The summed E-state index contributed by atoms with van der Waals surface area (Å²) in [6.45, 7) is 3.96. The topological polar surface area (TPSA) is 12.5 Å². The highest BCUT2D eigenvalue weighted by Gasteiger charge is 2.18. The van der Waals surface area contributed by atoms with Crippen LogP contribution in [0.4, 0.5) is 5.69 Å². The summed E-state index contributed by atoms with van der Waals surface area (Å²) in [5.74, 6) is 0.562. The van der Waals surface area contributed by atoms with Gasteiger partial charge in [-0.2, -0.15) is 0 Å². The van der Waals surface area contributed by atoms with E-state index in [0.29, 0.717) is 12.0 Å². The van der Waals surface area contributed by atoms with Crippen molar-refractivity contribution in [2.45, 2.75) is 31.7 Å². The SMILES string of the molecule is Cc1ccc(N(C)CC2CCCO2)c(CCl)c1. The number of ether oxygens (including phenoxy) is 1. The van der Waals surface area contributed by atoms with E-state index in [9.17, 15) is 0 Å². The van der Waals surface area contributed by atoms with Gasteiger partial charge in [-0.1, -0.05) is 17.7 Å².